The highest BCUT2D eigenvalue weighted by molar-refractivity contribution is 7.14. The largest absolute Gasteiger partial charge is 0.378 e. The molecule has 0 aliphatic rings. The molecule has 4 aromatic rings. The van der Waals surface area contributed by atoms with Gasteiger partial charge >= 0.3 is 0 Å². The number of rotatable bonds is 25. The number of hydrogen-bond acceptors (Lipinski definition) is 13. The molecule has 0 saturated heterocycles. The highest BCUT2D eigenvalue weighted by atomic mass is 32.1. The SMILES string of the molecule is CCN(c1cccc(C)c1)c1nc(-c2ccncc2-c2cn(CCOCCOCCOCCOCCOCCOCCN)nn2)cs1. The van der Waals surface area contributed by atoms with Crippen molar-refractivity contribution in [3.05, 3.63) is 59.9 Å². The van der Waals surface area contributed by atoms with E-state index in [-0.39, 0.29) is 0 Å². The van der Waals surface area contributed by atoms with Crippen LogP contribution in [0.2, 0.25) is 0 Å². The lowest BCUT2D eigenvalue weighted by Gasteiger charge is -2.20. The Morgan fingerprint density at radius 2 is 1.43 bits per heavy atom. The van der Waals surface area contributed by atoms with Crippen molar-refractivity contribution in [2.75, 3.05) is 97.3 Å². The van der Waals surface area contributed by atoms with E-state index in [0.717, 1.165) is 39.9 Å². The fourth-order valence-corrected chi connectivity index (χ4v) is 5.44. The van der Waals surface area contributed by atoms with Gasteiger partial charge in [0.15, 0.2) is 5.13 Å². The van der Waals surface area contributed by atoms with Crippen molar-refractivity contribution in [2.24, 2.45) is 5.73 Å². The first-order valence-corrected chi connectivity index (χ1v) is 16.9. The molecule has 2 N–H and O–H groups in total. The van der Waals surface area contributed by atoms with Crippen LogP contribution in [-0.2, 0) is 35.0 Å². The minimum Gasteiger partial charge on any atom is -0.378 e. The molecule has 4 rings (SSSR count). The van der Waals surface area contributed by atoms with Crippen LogP contribution in [0.15, 0.2) is 54.3 Å². The summed E-state index contributed by atoms with van der Waals surface area (Å²) in [6.07, 6.45) is 5.50. The van der Waals surface area contributed by atoms with Gasteiger partial charge < -0.3 is 39.1 Å². The molecule has 13 nitrogen and oxygen atoms in total. The summed E-state index contributed by atoms with van der Waals surface area (Å²) in [6, 6.07) is 10.4. The summed E-state index contributed by atoms with van der Waals surface area (Å²) in [6.45, 7) is 12.3. The zero-order chi connectivity index (χ0) is 32.9. The molecular weight excluding hydrogens is 622 g/mol. The van der Waals surface area contributed by atoms with Gasteiger partial charge in [-0.05, 0) is 37.6 Å². The van der Waals surface area contributed by atoms with E-state index in [1.807, 2.05) is 18.5 Å². The standard InChI is InChI=1S/C33H47N7O6S/c1-3-40(28-6-4-5-27(2)23-28)33-36-32(26-47-33)29-7-9-35-24-30(29)31-25-39(38-37-31)10-12-42-14-16-44-18-20-46-22-21-45-19-17-43-15-13-41-11-8-34/h4-7,9,23-26H,3,8,10-22,34H2,1-2H3. The van der Waals surface area contributed by atoms with Gasteiger partial charge in [-0.3, -0.25) is 4.98 Å². The van der Waals surface area contributed by atoms with Gasteiger partial charge in [0.25, 0.3) is 0 Å². The first-order chi connectivity index (χ1) is 23.2. The van der Waals surface area contributed by atoms with E-state index < -0.39 is 0 Å². The van der Waals surface area contributed by atoms with Crippen LogP contribution in [0.1, 0.15) is 12.5 Å². The second-order valence-electron chi connectivity index (χ2n) is 10.3. The Labute approximate surface area is 280 Å². The highest BCUT2D eigenvalue weighted by Gasteiger charge is 2.17. The number of thiazole rings is 1. The Bertz CT molecular complexity index is 1420. The maximum absolute atomic E-state index is 5.72. The minimum absolute atomic E-state index is 0.484. The average Bonchev–Trinajstić information content (AvgIpc) is 3.77. The smallest absolute Gasteiger partial charge is 0.190 e. The molecule has 0 aliphatic carbocycles. The molecule has 0 bridgehead atoms. The molecule has 256 valence electrons. The highest BCUT2D eigenvalue weighted by Crippen LogP contribution is 2.35. The van der Waals surface area contributed by atoms with Crippen molar-refractivity contribution in [2.45, 2.75) is 20.4 Å². The molecule has 0 radical (unpaired) electrons. The quantitative estimate of drug-likeness (QED) is 0.102. The number of nitrogens with two attached hydrogens (primary N) is 1. The van der Waals surface area contributed by atoms with Gasteiger partial charge in [0.05, 0.1) is 97.7 Å². The zero-order valence-corrected chi connectivity index (χ0v) is 28.2. The molecule has 0 aliphatic heterocycles. The summed E-state index contributed by atoms with van der Waals surface area (Å²) in [5.41, 5.74) is 11.2. The number of aromatic nitrogens is 5. The Kier molecular flexibility index (Phi) is 16.7. The van der Waals surface area contributed by atoms with Gasteiger partial charge in [-0.2, -0.15) is 0 Å². The lowest BCUT2D eigenvalue weighted by molar-refractivity contribution is -0.0167. The molecule has 0 saturated carbocycles. The van der Waals surface area contributed by atoms with Crippen LogP contribution in [0.5, 0.6) is 0 Å². The van der Waals surface area contributed by atoms with Crippen LogP contribution in [-0.4, -0.2) is 117 Å². The third kappa shape index (κ3) is 12.7. The van der Waals surface area contributed by atoms with E-state index in [1.54, 1.807) is 22.2 Å². The molecule has 0 fully saturated rings. The lowest BCUT2D eigenvalue weighted by Crippen LogP contribution is -2.15. The number of ether oxygens (including phenoxy) is 6. The van der Waals surface area contributed by atoms with Crippen LogP contribution < -0.4 is 10.6 Å². The van der Waals surface area contributed by atoms with Crippen molar-refractivity contribution < 1.29 is 28.4 Å². The number of benzene rings is 1. The van der Waals surface area contributed by atoms with Gasteiger partial charge in [0, 0.05) is 47.7 Å². The fourth-order valence-electron chi connectivity index (χ4n) is 4.53. The molecule has 14 heteroatoms. The number of nitrogens with zero attached hydrogens (tertiary/aromatic N) is 6. The van der Waals surface area contributed by atoms with Crippen LogP contribution in [0.3, 0.4) is 0 Å². The first-order valence-electron chi connectivity index (χ1n) is 16.0. The maximum atomic E-state index is 5.72. The predicted molar refractivity (Wildman–Crippen MR) is 182 cm³/mol. The third-order valence-electron chi connectivity index (χ3n) is 6.85. The van der Waals surface area contributed by atoms with E-state index >= 15 is 0 Å². The van der Waals surface area contributed by atoms with Gasteiger partial charge in [-0.25, -0.2) is 9.67 Å². The van der Waals surface area contributed by atoms with Crippen molar-refractivity contribution >= 4 is 22.2 Å². The monoisotopic (exact) mass is 669 g/mol. The summed E-state index contributed by atoms with van der Waals surface area (Å²) in [5.74, 6) is 0. The summed E-state index contributed by atoms with van der Waals surface area (Å²) in [5, 5.41) is 11.7. The van der Waals surface area contributed by atoms with Gasteiger partial charge in [0.1, 0.15) is 5.69 Å². The first kappa shape index (κ1) is 36.5. The Hall–Kier alpha value is -3.34. The van der Waals surface area contributed by atoms with Crippen LogP contribution in [0.25, 0.3) is 22.5 Å². The Morgan fingerprint density at radius 1 is 0.787 bits per heavy atom. The topological polar surface area (TPSA) is 141 Å². The molecule has 1 aromatic carbocycles. The second kappa shape index (κ2) is 21.5. The van der Waals surface area contributed by atoms with E-state index in [9.17, 15) is 0 Å². The van der Waals surface area contributed by atoms with E-state index in [1.165, 1.54) is 5.56 Å². The minimum atomic E-state index is 0.484. The van der Waals surface area contributed by atoms with Gasteiger partial charge in [-0.1, -0.05) is 17.3 Å². The van der Waals surface area contributed by atoms with Gasteiger partial charge in [0.2, 0.25) is 0 Å². The van der Waals surface area contributed by atoms with Crippen LogP contribution in [0, 0.1) is 6.92 Å². The van der Waals surface area contributed by atoms with Crippen molar-refractivity contribution in [3.8, 4) is 22.5 Å². The predicted octanol–water partition coefficient (Wildman–Crippen LogP) is 3.99. The molecule has 0 unspecified atom stereocenters. The molecule has 3 heterocycles. The maximum Gasteiger partial charge on any atom is 0.190 e. The second-order valence-corrected chi connectivity index (χ2v) is 11.2. The Morgan fingerprint density at radius 3 is 2.04 bits per heavy atom. The molecule has 0 spiro atoms. The van der Waals surface area contributed by atoms with Crippen molar-refractivity contribution in [1.29, 1.82) is 0 Å². The summed E-state index contributed by atoms with van der Waals surface area (Å²) >= 11 is 1.62. The third-order valence-corrected chi connectivity index (χ3v) is 7.71. The van der Waals surface area contributed by atoms with Crippen molar-refractivity contribution in [3.63, 3.8) is 0 Å². The molecule has 0 amide bonds. The van der Waals surface area contributed by atoms with Crippen LogP contribution in [0.4, 0.5) is 10.8 Å². The molecular formula is C33H47N7O6S. The van der Waals surface area contributed by atoms with E-state index in [2.05, 4.69) is 63.7 Å². The van der Waals surface area contributed by atoms with E-state index in [0.29, 0.717) is 92.4 Å². The normalized spacial score (nSPS) is 11.4. The molecule has 47 heavy (non-hydrogen) atoms. The number of aryl methyl sites for hydroxylation is 1. The fraction of sp³-hybridized carbons (Fsp3) is 0.515. The summed E-state index contributed by atoms with van der Waals surface area (Å²) in [4.78, 5) is 11.6. The number of hydrogen-bond donors (Lipinski definition) is 1. The molecule has 0 atom stereocenters. The zero-order valence-electron chi connectivity index (χ0n) is 27.4. The van der Waals surface area contributed by atoms with Crippen LogP contribution >= 0.6 is 11.3 Å². The summed E-state index contributed by atoms with van der Waals surface area (Å²) in [7, 11) is 0. The lowest BCUT2D eigenvalue weighted by atomic mass is 10.1. The van der Waals surface area contributed by atoms with Crippen molar-refractivity contribution in [1.82, 2.24) is 25.0 Å². The average molecular weight is 670 g/mol. The summed E-state index contributed by atoms with van der Waals surface area (Å²) < 4.78 is 34.7. The van der Waals surface area contributed by atoms with Gasteiger partial charge in [-0.15, -0.1) is 16.4 Å². The Balaban J connectivity index is 1.10. The van der Waals surface area contributed by atoms with E-state index in [4.69, 9.17) is 39.1 Å². The number of pyridine rings is 1. The number of anilines is 2. The molecule has 3 aromatic heterocycles.